The van der Waals surface area contributed by atoms with Crippen LogP contribution in [0.3, 0.4) is 0 Å². The minimum atomic E-state index is -0.165. The number of thiazole rings is 1. The molecule has 3 rings (SSSR count). The number of hydrogen-bond donors (Lipinski definition) is 2. The van der Waals surface area contributed by atoms with Gasteiger partial charge in [-0.25, -0.2) is 4.98 Å². The highest BCUT2D eigenvalue weighted by Gasteiger charge is 2.20. The van der Waals surface area contributed by atoms with Crippen LogP contribution in [0.4, 0.5) is 0 Å². The van der Waals surface area contributed by atoms with Crippen molar-refractivity contribution in [3.05, 3.63) is 39.8 Å². The third kappa shape index (κ3) is 4.11. The van der Waals surface area contributed by atoms with Crippen LogP contribution in [0.5, 0.6) is 11.5 Å². The molecule has 2 N–H and O–H groups in total. The zero-order chi connectivity index (χ0) is 17.6. The Bertz CT molecular complexity index is 726. The number of ether oxygens (including phenoxy) is 2. The fraction of sp³-hybridized carbons (Fsp3) is 0.444. The van der Waals surface area contributed by atoms with Gasteiger partial charge in [-0.3, -0.25) is 4.79 Å². The summed E-state index contributed by atoms with van der Waals surface area (Å²) in [6.07, 6.45) is 2.16. The van der Waals surface area contributed by atoms with Gasteiger partial charge in [0.2, 0.25) is 0 Å². The summed E-state index contributed by atoms with van der Waals surface area (Å²) in [5, 5.41) is 9.17. The third-order valence-corrected chi connectivity index (χ3v) is 5.37. The van der Waals surface area contributed by atoms with E-state index in [4.69, 9.17) is 9.47 Å². The molecule has 0 radical (unpaired) electrons. The number of methoxy groups -OCH3 is 2. The molecule has 2 aromatic rings. The summed E-state index contributed by atoms with van der Waals surface area (Å²) in [6, 6.07) is 5.61. The molecule has 7 heteroatoms. The van der Waals surface area contributed by atoms with Crippen molar-refractivity contribution in [3.8, 4) is 11.5 Å². The van der Waals surface area contributed by atoms with Crippen molar-refractivity contribution in [1.82, 2.24) is 15.6 Å². The molecule has 0 aliphatic carbocycles. The lowest BCUT2D eigenvalue weighted by molar-refractivity contribution is 0.0946. The zero-order valence-electron chi connectivity index (χ0n) is 14.5. The third-order valence-electron chi connectivity index (χ3n) is 4.37. The highest BCUT2D eigenvalue weighted by atomic mass is 32.1. The summed E-state index contributed by atoms with van der Waals surface area (Å²) in [4.78, 5) is 17.0. The van der Waals surface area contributed by atoms with Crippen LogP contribution in [-0.2, 0) is 6.54 Å². The van der Waals surface area contributed by atoms with Gasteiger partial charge in [0, 0.05) is 23.4 Å². The second kappa shape index (κ2) is 8.31. The van der Waals surface area contributed by atoms with Crippen molar-refractivity contribution < 1.29 is 14.3 Å². The zero-order valence-corrected chi connectivity index (χ0v) is 15.3. The Morgan fingerprint density at radius 1 is 1.32 bits per heavy atom. The maximum atomic E-state index is 12.4. The van der Waals surface area contributed by atoms with Crippen LogP contribution in [0.1, 0.15) is 39.8 Å². The number of hydrogen-bond acceptors (Lipinski definition) is 6. The highest BCUT2D eigenvalue weighted by molar-refractivity contribution is 7.09. The van der Waals surface area contributed by atoms with Gasteiger partial charge in [-0.15, -0.1) is 11.3 Å². The van der Waals surface area contributed by atoms with Gasteiger partial charge in [-0.2, -0.15) is 0 Å². The summed E-state index contributed by atoms with van der Waals surface area (Å²) in [5.41, 5.74) is 1.35. The monoisotopic (exact) mass is 361 g/mol. The van der Waals surface area contributed by atoms with E-state index in [9.17, 15) is 4.79 Å². The van der Waals surface area contributed by atoms with Crippen LogP contribution in [-0.4, -0.2) is 38.2 Å². The molecule has 1 aliphatic heterocycles. The van der Waals surface area contributed by atoms with Gasteiger partial charge < -0.3 is 20.1 Å². The largest absolute Gasteiger partial charge is 0.493 e. The first-order valence-corrected chi connectivity index (χ1v) is 9.25. The second-order valence-electron chi connectivity index (χ2n) is 5.93. The average Bonchev–Trinajstić information content (AvgIpc) is 3.16. The van der Waals surface area contributed by atoms with Crippen molar-refractivity contribution in [2.45, 2.75) is 25.3 Å². The maximum Gasteiger partial charge on any atom is 0.271 e. The maximum absolute atomic E-state index is 12.4. The van der Waals surface area contributed by atoms with Gasteiger partial charge in [0.05, 0.1) is 19.2 Å². The van der Waals surface area contributed by atoms with Gasteiger partial charge in [-0.1, -0.05) is 12.1 Å². The summed E-state index contributed by atoms with van der Waals surface area (Å²) in [6.45, 7) is 2.39. The Labute approximate surface area is 151 Å². The summed E-state index contributed by atoms with van der Waals surface area (Å²) in [5.74, 6) is 1.59. The summed E-state index contributed by atoms with van der Waals surface area (Å²) in [7, 11) is 3.19. The quantitative estimate of drug-likeness (QED) is 0.827. The molecule has 1 aromatic carbocycles. The fourth-order valence-corrected chi connectivity index (χ4v) is 3.98. The lowest BCUT2D eigenvalue weighted by Gasteiger charge is -2.20. The molecular formula is C18H23N3O3S. The first-order chi connectivity index (χ1) is 12.2. The standard InChI is InChI=1S/C18H23N3O3S/c1-23-15-5-3-4-13(16(15)24-2)10-20-17(22)14-11-25-18(21-14)12-6-8-19-9-7-12/h3-5,11-12,19H,6-10H2,1-2H3,(H,20,22). The van der Waals surface area contributed by atoms with E-state index in [1.165, 1.54) is 0 Å². The first kappa shape index (κ1) is 17.7. The molecule has 2 heterocycles. The Hall–Kier alpha value is -2.12. The molecule has 1 aromatic heterocycles. The number of carbonyl (C=O) groups is 1. The van der Waals surface area contributed by atoms with E-state index in [0.717, 1.165) is 36.5 Å². The Morgan fingerprint density at radius 2 is 2.12 bits per heavy atom. The number of aromatic nitrogens is 1. The normalized spacial score (nSPS) is 15.0. The molecule has 0 bridgehead atoms. The summed E-state index contributed by atoms with van der Waals surface area (Å²) >= 11 is 1.58. The number of amides is 1. The molecular weight excluding hydrogens is 338 g/mol. The molecule has 0 spiro atoms. The number of piperidine rings is 1. The number of para-hydroxylation sites is 1. The van der Waals surface area contributed by atoms with Gasteiger partial charge in [-0.05, 0) is 32.0 Å². The number of rotatable bonds is 6. The van der Waals surface area contributed by atoms with E-state index in [0.29, 0.717) is 29.7 Å². The van der Waals surface area contributed by atoms with Gasteiger partial charge in [0.1, 0.15) is 5.69 Å². The van der Waals surface area contributed by atoms with Crippen molar-refractivity contribution in [1.29, 1.82) is 0 Å². The molecule has 6 nitrogen and oxygen atoms in total. The Balaban J connectivity index is 1.64. The highest BCUT2D eigenvalue weighted by Crippen LogP contribution is 2.31. The minimum absolute atomic E-state index is 0.165. The number of nitrogens with zero attached hydrogens (tertiary/aromatic N) is 1. The smallest absolute Gasteiger partial charge is 0.271 e. The molecule has 0 saturated carbocycles. The van der Waals surface area contributed by atoms with Crippen LogP contribution in [0.15, 0.2) is 23.6 Å². The molecule has 1 saturated heterocycles. The van der Waals surface area contributed by atoms with Gasteiger partial charge in [0.15, 0.2) is 11.5 Å². The number of carbonyl (C=O) groups excluding carboxylic acids is 1. The van der Waals surface area contributed by atoms with Crippen LogP contribution in [0, 0.1) is 0 Å². The predicted molar refractivity (Wildman–Crippen MR) is 97.7 cm³/mol. The van der Waals surface area contributed by atoms with E-state index in [2.05, 4.69) is 15.6 Å². The molecule has 25 heavy (non-hydrogen) atoms. The molecule has 0 unspecified atom stereocenters. The second-order valence-corrected chi connectivity index (χ2v) is 6.82. The lowest BCUT2D eigenvalue weighted by atomic mass is 9.99. The van der Waals surface area contributed by atoms with Crippen LogP contribution in [0.25, 0.3) is 0 Å². The topological polar surface area (TPSA) is 72.5 Å². The molecule has 1 aliphatic rings. The van der Waals surface area contributed by atoms with Crippen molar-refractivity contribution >= 4 is 17.2 Å². The van der Waals surface area contributed by atoms with Gasteiger partial charge in [0.25, 0.3) is 5.91 Å². The first-order valence-electron chi connectivity index (χ1n) is 8.37. The SMILES string of the molecule is COc1cccc(CNC(=O)c2csc(C3CCNCC3)n2)c1OC. The lowest BCUT2D eigenvalue weighted by Crippen LogP contribution is -2.27. The fourth-order valence-electron chi connectivity index (χ4n) is 3.01. The molecule has 134 valence electrons. The Kier molecular flexibility index (Phi) is 5.88. The average molecular weight is 361 g/mol. The minimum Gasteiger partial charge on any atom is -0.493 e. The van der Waals surface area contributed by atoms with E-state index in [1.54, 1.807) is 25.6 Å². The van der Waals surface area contributed by atoms with E-state index in [1.807, 2.05) is 23.6 Å². The molecule has 0 atom stereocenters. The van der Waals surface area contributed by atoms with Gasteiger partial charge >= 0.3 is 0 Å². The summed E-state index contributed by atoms with van der Waals surface area (Å²) < 4.78 is 10.7. The van der Waals surface area contributed by atoms with Crippen molar-refractivity contribution in [3.63, 3.8) is 0 Å². The molecule has 1 amide bonds. The van der Waals surface area contributed by atoms with E-state index in [-0.39, 0.29) is 5.91 Å². The van der Waals surface area contributed by atoms with Crippen LogP contribution in [0.2, 0.25) is 0 Å². The Morgan fingerprint density at radius 3 is 2.84 bits per heavy atom. The van der Waals surface area contributed by atoms with Crippen molar-refractivity contribution in [2.24, 2.45) is 0 Å². The molecule has 1 fully saturated rings. The number of benzene rings is 1. The van der Waals surface area contributed by atoms with Crippen LogP contribution >= 0.6 is 11.3 Å². The van der Waals surface area contributed by atoms with Crippen molar-refractivity contribution in [2.75, 3.05) is 27.3 Å². The van der Waals surface area contributed by atoms with E-state index < -0.39 is 0 Å². The number of nitrogens with one attached hydrogen (secondary N) is 2. The van der Waals surface area contributed by atoms with Crippen LogP contribution < -0.4 is 20.1 Å². The van der Waals surface area contributed by atoms with E-state index >= 15 is 0 Å². The predicted octanol–water partition coefficient (Wildman–Crippen LogP) is 2.56.